The molecule has 1 fully saturated rings. The first-order valence-electron chi connectivity index (χ1n) is 6.00. The van der Waals surface area contributed by atoms with Gasteiger partial charge in [-0.2, -0.15) is 8.42 Å². The third-order valence-electron chi connectivity index (χ3n) is 2.71. The lowest BCUT2D eigenvalue weighted by molar-refractivity contribution is 0.0505. The molecule has 0 heterocycles. The van der Waals surface area contributed by atoms with Gasteiger partial charge in [0.1, 0.15) is 5.60 Å². The summed E-state index contributed by atoms with van der Waals surface area (Å²) in [5, 5.41) is 2.71. The van der Waals surface area contributed by atoms with E-state index in [4.69, 9.17) is 9.29 Å². The molecule has 2 N–H and O–H groups in total. The lowest BCUT2D eigenvalue weighted by atomic mass is 10.1. The van der Waals surface area contributed by atoms with Crippen molar-refractivity contribution in [2.45, 2.75) is 51.7 Å². The predicted molar refractivity (Wildman–Crippen MR) is 66.9 cm³/mol. The topological polar surface area (TPSA) is 92.7 Å². The van der Waals surface area contributed by atoms with Gasteiger partial charge in [0.25, 0.3) is 10.1 Å². The Bertz CT molecular complexity index is 398. The van der Waals surface area contributed by atoms with Gasteiger partial charge in [-0.25, -0.2) is 4.79 Å². The largest absolute Gasteiger partial charge is 0.444 e. The van der Waals surface area contributed by atoms with E-state index in [1.54, 1.807) is 20.8 Å². The second kappa shape index (κ2) is 5.44. The van der Waals surface area contributed by atoms with Crippen LogP contribution in [0.5, 0.6) is 0 Å². The number of alkyl carbamates (subject to hydrolysis) is 1. The predicted octanol–water partition coefficient (Wildman–Crippen LogP) is 1.57. The van der Waals surface area contributed by atoms with Crippen molar-refractivity contribution in [2.75, 3.05) is 5.75 Å². The first kappa shape index (κ1) is 15.2. The normalized spacial score (nSPS) is 24.9. The van der Waals surface area contributed by atoms with Crippen LogP contribution in [0.1, 0.15) is 40.0 Å². The molecule has 1 rings (SSSR count). The molecule has 0 radical (unpaired) electrons. The summed E-state index contributed by atoms with van der Waals surface area (Å²) in [6, 6.07) is -0.0772. The zero-order valence-corrected chi connectivity index (χ0v) is 11.8. The molecular formula is C11H21NO5S. The lowest BCUT2D eigenvalue weighted by Crippen LogP contribution is -2.38. The molecule has 1 unspecified atom stereocenters. The number of carbonyl (C=O) groups excluding carboxylic acids is 1. The van der Waals surface area contributed by atoms with E-state index in [1.165, 1.54) is 0 Å². The molecule has 1 amide bonds. The summed E-state index contributed by atoms with van der Waals surface area (Å²) in [6.45, 7) is 5.34. The van der Waals surface area contributed by atoms with Crippen molar-refractivity contribution in [1.29, 1.82) is 0 Å². The fourth-order valence-electron chi connectivity index (χ4n) is 2.13. The Hall–Kier alpha value is -0.820. The van der Waals surface area contributed by atoms with Gasteiger partial charge in [0.15, 0.2) is 0 Å². The van der Waals surface area contributed by atoms with Crippen LogP contribution < -0.4 is 5.32 Å². The van der Waals surface area contributed by atoms with Crippen molar-refractivity contribution >= 4 is 16.2 Å². The smallest absolute Gasteiger partial charge is 0.407 e. The molecule has 0 bridgehead atoms. The second-order valence-electron chi connectivity index (χ2n) is 5.77. The highest BCUT2D eigenvalue weighted by atomic mass is 32.2. The molecule has 6 nitrogen and oxygen atoms in total. The molecule has 7 heteroatoms. The molecule has 2 atom stereocenters. The Labute approximate surface area is 108 Å². The Morgan fingerprint density at radius 2 is 2.00 bits per heavy atom. The molecule has 0 aromatic rings. The third-order valence-corrected chi connectivity index (χ3v) is 3.60. The van der Waals surface area contributed by atoms with Gasteiger partial charge in [-0.3, -0.25) is 4.55 Å². The van der Waals surface area contributed by atoms with Crippen LogP contribution in [0, 0.1) is 5.92 Å². The number of rotatable bonds is 3. The molecular weight excluding hydrogens is 258 g/mol. The van der Waals surface area contributed by atoms with Gasteiger partial charge >= 0.3 is 6.09 Å². The third kappa shape index (κ3) is 6.20. The van der Waals surface area contributed by atoms with Gasteiger partial charge in [-0.15, -0.1) is 0 Å². The fraction of sp³-hybridized carbons (Fsp3) is 0.909. The van der Waals surface area contributed by atoms with Crippen LogP contribution >= 0.6 is 0 Å². The van der Waals surface area contributed by atoms with E-state index in [0.29, 0.717) is 19.3 Å². The molecule has 0 aliphatic heterocycles. The number of hydrogen-bond donors (Lipinski definition) is 2. The monoisotopic (exact) mass is 279 g/mol. The van der Waals surface area contributed by atoms with Gasteiger partial charge in [-0.05, 0) is 46.0 Å². The van der Waals surface area contributed by atoms with E-state index in [9.17, 15) is 13.2 Å². The van der Waals surface area contributed by atoms with E-state index < -0.39 is 21.8 Å². The Morgan fingerprint density at radius 1 is 1.39 bits per heavy atom. The molecule has 1 aliphatic rings. The van der Waals surface area contributed by atoms with Gasteiger partial charge in [0.05, 0.1) is 5.75 Å². The minimum absolute atomic E-state index is 0.0772. The highest BCUT2D eigenvalue weighted by Gasteiger charge is 2.30. The van der Waals surface area contributed by atoms with Crippen LogP contribution in [0.25, 0.3) is 0 Å². The van der Waals surface area contributed by atoms with E-state index in [-0.39, 0.29) is 17.7 Å². The van der Waals surface area contributed by atoms with Gasteiger partial charge < -0.3 is 10.1 Å². The quantitative estimate of drug-likeness (QED) is 0.765. The maximum absolute atomic E-state index is 11.5. The van der Waals surface area contributed by atoms with Crippen molar-refractivity contribution in [3.05, 3.63) is 0 Å². The minimum atomic E-state index is -3.93. The van der Waals surface area contributed by atoms with Crippen molar-refractivity contribution in [2.24, 2.45) is 5.92 Å². The fourth-order valence-corrected chi connectivity index (χ4v) is 3.03. The standard InChI is InChI=1S/C11H21NO5S/c1-11(2,3)17-10(13)12-9-5-4-8(6-9)7-18(14,15)16/h8-9H,4-7H2,1-3H3,(H,12,13)(H,14,15,16)/t8?,9-/m0/s1. The summed E-state index contributed by atoms with van der Waals surface area (Å²) in [5.74, 6) is -0.334. The molecule has 0 aromatic heterocycles. The van der Waals surface area contributed by atoms with Gasteiger partial charge in [0.2, 0.25) is 0 Å². The van der Waals surface area contributed by atoms with Crippen LogP contribution in [0.4, 0.5) is 4.79 Å². The molecule has 18 heavy (non-hydrogen) atoms. The maximum atomic E-state index is 11.5. The van der Waals surface area contributed by atoms with Crippen LogP contribution in [0.2, 0.25) is 0 Å². The minimum Gasteiger partial charge on any atom is -0.444 e. The first-order chi connectivity index (χ1) is 8.05. The summed E-state index contributed by atoms with van der Waals surface area (Å²) in [4.78, 5) is 11.5. The maximum Gasteiger partial charge on any atom is 0.407 e. The summed E-state index contributed by atoms with van der Waals surface area (Å²) in [6.07, 6.45) is 1.46. The number of carbonyl (C=O) groups is 1. The van der Waals surface area contributed by atoms with Crippen LogP contribution in [0.3, 0.4) is 0 Å². The molecule has 106 valence electrons. The van der Waals surface area contributed by atoms with Crippen LogP contribution in [0.15, 0.2) is 0 Å². The molecule has 1 aliphatic carbocycles. The number of nitrogens with one attached hydrogen (secondary N) is 1. The van der Waals surface area contributed by atoms with Gasteiger partial charge in [0, 0.05) is 6.04 Å². The van der Waals surface area contributed by atoms with Gasteiger partial charge in [-0.1, -0.05) is 0 Å². The van der Waals surface area contributed by atoms with E-state index >= 15 is 0 Å². The number of amides is 1. The molecule has 1 saturated carbocycles. The number of hydrogen-bond acceptors (Lipinski definition) is 4. The zero-order valence-electron chi connectivity index (χ0n) is 11.0. The second-order valence-corrected chi connectivity index (χ2v) is 7.27. The Balaban J connectivity index is 2.37. The van der Waals surface area contributed by atoms with Crippen LogP contribution in [-0.2, 0) is 14.9 Å². The van der Waals surface area contributed by atoms with Crippen molar-refractivity contribution in [3.63, 3.8) is 0 Å². The van der Waals surface area contributed by atoms with Crippen molar-refractivity contribution in [1.82, 2.24) is 5.32 Å². The summed E-state index contributed by atoms with van der Waals surface area (Å²) in [5.41, 5.74) is -0.545. The first-order valence-corrected chi connectivity index (χ1v) is 7.61. The average Bonchev–Trinajstić information content (AvgIpc) is 2.44. The number of ether oxygens (including phenoxy) is 1. The lowest BCUT2D eigenvalue weighted by Gasteiger charge is -2.21. The highest BCUT2D eigenvalue weighted by Crippen LogP contribution is 2.26. The molecule has 0 aromatic carbocycles. The van der Waals surface area contributed by atoms with Crippen LogP contribution in [-0.4, -0.2) is 36.5 Å². The summed E-state index contributed by atoms with van der Waals surface area (Å²) >= 11 is 0. The highest BCUT2D eigenvalue weighted by molar-refractivity contribution is 7.85. The summed E-state index contributed by atoms with van der Waals surface area (Å²) in [7, 11) is -3.93. The average molecular weight is 279 g/mol. The zero-order chi connectivity index (χ0) is 14.0. The van der Waals surface area contributed by atoms with E-state index in [0.717, 1.165) is 0 Å². The van der Waals surface area contributed by atoms with Crippen molar-refractivity contribution in [3.8, 4) is 0 Å². The van der Waals surface area contributed by atoms with Crippen molar-refractivity contribution < 1.29 is 22.5 Å². The van der Waals surface area contributed by atoms with E-state index in [1.807, 2.05) is 0 Å². The molecule has 0 spiro atoms. The Morgan fingerprint density at radius 3 is 2.50 bits per heavy atom. The molecule has 0 saturated heterocycles. The SMILES string of the molecule is CC(C)(C)OC(=O)N[C@H]1CCC(CS(=O)(=O)O)C1. The summed E-state index contributed by atoms with van der Waals surface area (Å²) < 4.78 is 35.4. The Kier molecular flexibility index (Phi) is 4.61. The van der Waals surface area contributed by atoms with E-state index in [2.05, 4.69) is 5.32 Å².